The van der Waals surface area contributed by atoms with Gasteiger partial charge in [-0.15, -0.1) is 0 Å². The maximum Gasteiger partial charge on any atom is 0.222 e. The molecule has 0 saturated carbocycles. The van der Waals surface area contributed by atoms with E-state index in [1.54, 1.807) is 0 Å². The van der Waals surface area contributed by atoms with E-state index in [0.29, 0.717) is 6.42 Å². The number of piperazine rings is 1. The van der Waals surface area contributed by atoms with E-state index in [9.17, 15) is 4.79 Å². The van der Waals surface area contributed by atoms with E-state index in [-0.39, 0.29) is 5.91 Å². The van der Waals surface area contributed by atoms with Gasteiger partial charge in [-0.1, -0.05) is 0 Å². The van der Waals surface area contributed by atoms with E-state index in [1.165, 1.54) is 5.56 Å². The van der Waals surface area contributed by atoms with Gasteiger partial charge in [0.05, 0.1) is 18.9 Å². The van der Waals surface area contributed by atoms with E-state index >= 15 is 0 Å². The second kappa shape index (κ2) is 8.78. The molecule has 2 fully saturated rings. The highest BCUT2D eigenvalue weighted by molar-refractivity contribution is 5.76. The van der Waals surface area contributed by atoms with Gasteiger partial charge in [-0.05, 0) is 25.8 Å². The summed E-state index contributed by atoms with van der Waals surface area (Å²) in [6.45, 7) is 13.7. The maximum absolute atomic E-state index is 12.5. The molecule has 7 nitrogen and oxygen atoms in total. The smallest absolute Gasteiger partial charge is 0.222 e. The van der Waals surface area contributed by atoms with Crippen LogP contribution < -0.4 is 0 Å². The summed E-state index contributed by atoms with van der Waals surface area (Å²) in [6.07, 6.45) is 1.36. The Morgan fingerprint density at radius 1 is 1.04 bits per heavy atom. The van der Waals surface area contributed by atoms with Crippen molar-refractivity contribution in [3.05, 3.63) is 17.0 Å². The highest BCUT2D eigenvalue weighted by Gasteiger charge is 2.22. The summed E-state index contributed by atoms with van der Waals surface area (Å²) in [5.74, 6) is 0.271. The van der Waals surface area contributed by atoms with Gasteiger partial charge in [0, 0.05) is 64.5 Å². The molecule has 2 aliphatic heterocycles. The third-order valence-electron chi connectivity index (χ3n) is 5.43. The first-order valence-corrected chi connectivity index (χ1v) is 9.44. The third-order valence-corrected chi connectivity index (χ3v) is 5.43. The maximum atomic E-state index is 12.5. The van der Waals surface area contributed by atoms with Gasteiger partial charge in [0.2, 0.25) is 5.91 Å². The number of ether oxygens (including phenoxy) is 1. The summed E-state index contributed by atoms with van der Waals surface area (Å²) in [4.78, 5) is 19.5. The molecule has 3 rings (SSSR count). The summed E-state index contributed by atoms with van der Waals surface area (Å²) >= 11 is 0. The zero-order chi connectivity index (χ0) is 17.6. The fourth-order valence-corrected chi connectivity index (χ4v) is 3.66. The highest BCUT2D eigenvalue weighted by atomic mass is 16.5. The fraction of sp³-hybridized carbons (Fsp3) is 0.778. The lowest BCUT2D eigenvalue weighted by atomic mass is 10.1. The van der Waals surface area contributed by atoms with Crippen molar-refractivity contribution in [3.8, 4) is 0 Å². The van der Waals surface area contributed by atoms with Crippen molar-refractivity contribution < 1.29 is 9.53 Å². The Bertz CT molecular complexity index is 540. The van der Waals surface area contributed by atoms with Crippen LogP contribution in [0.3, 0.4) is 0 Å². The number of carbonyl (C=O) groups is 1. The Morgan fingerprint density at radius 2 is 1.68 bits per heavy atom. The molecule has 25 heavy (non-hydrogen) atoms. The summed E-state index contributed by atoms with van der Waals surface area (Å²) in [5, 5.41) is 7.20. The van der Waals surface area contributed by atoms with E-state index in [0.717, 1.165) is 83.4 Å². The van der Waals surface area contributed by atoms with Crippen LogP contribution in [0.1, 0.15) is 23.4 Å². The van der Waals surface area contributed by atoms with Gasteiger partial charge in [0.1, 0.15) is 0 Å². The molecule has 0 radical (unpaired) electrons. The number of rotatable bonds is 6. The predicted octanol–water partition coefficient (Wildman–Crippen LogP) is 0.436. The molecule has 1 aromatic heterocycles. The number of carbonyl (C=O) groups excluding carboxylic acids is 1. The molecule has 2 saturated heterocycles. The van der Waals surface area contributed by atoms with Gasteiger partial charge < -0.3 is 9.64 Å². The van der Waals surface area contributed by atoms with Gasteiger partial charge in [0.15, 0.2) is 0 Å². The largest absolute Gasteiger partial charge is 0.379 e. The zero-order valence-corrected chi connectivity index (χ0v) is 15.6. The molecule has 140 valence electrons. The minimum atomic E-state index is 0.271. The van der Waals surface area contributed by atoms with Gasteiger partial charge >= 0.3 is 0 Å². The van der Waals surface area contributed by atoms with Crippen LogP contribution in [-0.4, -0.2) is 96.4 Å². The number of hydrogen-bond acceptors (Lipinski definition) is 5. The summed E-state index contributed by atoms with van der Waals surface area (Å²) in [5.41, 5.74) is 3.29. The predicted molar refractivity (Wildman–Crippen MR) is 96.7 cm³/mol. The number of H-pyrrole nitrogens is 1. The van der Waals surface area contributed by atoms with Crippen LogP contribution in [0.5, 0.6) is 0 Å². The van der Waals surface area contributed by atoms with Crippen LogP contribution >= 0.6 is 0 Å². The lowest BCUT2D eigenvalue weighted by Gasteiger charge is -2.36. The topological polar surface area (TPSA) is 64.7 Å². The van der Waals surface area contributed by atoms with E-state index in [2.05, 4.69) is 20.0 Å². The van der Waals surface area contributed by atoms with E-state index < -0.39 is 0 Å². The number of amides is 1. The lowest BCUT2D eigenvalue weighted by molar-refractivity contribution is -0.132. The molecule has 1 amide bonds. The molecule has 0 aromatic carbocycles. The minimum absolute atomic E-state index is 0.271. The fourth-order valence-electron chi connectivity index (χ4n) is 3.66. The van der Waals surface area contributed by atoms with Gasteiger partial charge in [0.25, 0.3) is 0 Å². The number of nitrogens with zero attached hydrogens (tertiary/aromatic N) is 4. The average molecular weight is 349 g/mol. The number of aromatic nitrogens is 2. The van der Waals surface area contributed by atoms with Crippen molar-refractivity contribution in [1.82, 2.24) is 24.9 Å². The molecule has 0 aliphatic carbocycles. The minimum Gasteiger partial charge on any atom is -0.379 e. The Labute approximate surface area is 150 Å². The summed E-state index contributed by atoms with van der Waals surface area (Å²) in [7, 11) is 0. The second-order valence-electron chi connectivity index (χ2n) is 7.09. The quantitative estimate of drug-likeness (QED) is 0.807. The Hall–Kier alpha value is -1.44. The number of morpholine rings is 1. The van der Waals surface area contributed by atoms with Crippen LogP contribution in [0.2, 0.25) is 0 Å². The molecule has 0 atom stereocenters. The molecule has 1 N–H and O–H groups in total. The van der Waals surface area contributed by atoms with Crippen molar-refractivity contribution in [2.24, 2.45) is 0 Å². The van der Waals surface area contributed by atoms with E-state index in [4.69, 9.17) is 4.74 Å². The number of hydrogen-bond donors (Lipinski definition) is 1. The molecule has 7 heteroatoms. The van der Waals surface area contributed by atoms with Crippen molar-refractivity contribution in [2.75, 3.05) is 65.6 Å². The molecule has 3 heterocycles. The van der Waals surface area contributed by atoms with Crippen LogP contribution in [0.15, 0.2) is 0 Å². The highest BCUT2D eigenvalue weighted by Crippen LogP contribution is 2.13. The van der Waals surface area contributed by atoms with Gasteiger partial charge in [-0.25, -0.2) is 0 Å². The molecule has 0 unspecified atom stereocenters. The van der Waals surface area contributed by atoms with Gasteiger partial charge in [-0.3, -0.25) is 19.7 Å². The molecule has 1 aromatic rings. The monoisotopic (exact) mass is 349 g/mol. The molecule has 0 bridgehead atoms. The van der Waals surface area contributed by atoms with E-state index in [1.807, 2.05) is 18.7 Å². The Balaban J connectivity index is 1.36. The number of aryl methyl sites for hydroxylation is 2. The molecule has 2 aliphatic rings. The van der Waals surface area contributed by atoms with Gasteiger partial charge in [-0.2, -0.15) is 5.10 Å². The molecular formula is C18H31N5O2. The number of nitrogens with one attached hydrogen (secondary N) is 1. The molecular weight excluding hydrogens is 318 g/mol. The SMILES string of the molecule is Cc1n[nH]c(C)c1CCC(=O)N1CCN(CCN2CCOCC2)CC1. The summed E-state index contributed by atoms with van der Waals surface area (Å²) in [6, 6.07) is 0. The van der Waals surface area contributed by atoms with Crippen molar-refractivity contribution >= 4 is 5.91 Å². The van der Waals surface area contributed by atoms with Crippen LogP contribution in [-0.2, 0) is 16.0 Å². The first-order chi connectivity index (χ1) is 12.1. The van der Waals surface area contributed by atoms with Crippen LogP contribution in [0, 0.1) is 13.8 Å². The van der Waals surface area contributed by atoms with Crippen LogP contribution in [0.4, 0.5) is 0 Å². The Kier molecular flexibility index (Phi) is 6.45. The molecule has 0 spiro atoms. The first-order valence-electron chi connectivity index (χ1n) is 9.44. The van der Waals surface area contributed by atoms with Crippen molar-refractivity contribution in [3.63, 3.8) is 0 Å². The van der Waals surface area contributed by atoms with Crippen molar-refractivity contribution in [1.29, 1.82) is 0 Å². The normalized spacial score (nSPS) is 20.2. The Morgan fingerprint density at radius 3 is 2.28 bits per heavy atom. The summed E-state index contributed by atoms with van der Waals surface area (Å²) < 4.78 is 5.39. The zero-order valence-electron chi connectivity index (χ0n) is 15.6. The first kappa shape index (κ1) is 18.4. The second-order valence-corrected chi connectivity index (χ2v) is 7.09. The van der Waals surface area contributed by atoms with Crippen LogP contribution in [0.25, 0.3) is 0 Å². The lowest BCUT2D eigenvalue weighted by Crippen LogP contribution is -2.51. The third kappa shape index (κ3) is 5.03. The number of aromatic amines is 1. The average Bonchev–Trinajstić information content (AvgIpc) is 2.97. The van der Waals surface area contributed by atoms with Crippen molar-refractivity contribution in [2.45, 2.75) is 26.7 Å². The standard InChI is InChI=1S/C18H31N5O2/c1-15-17(16(2)20-19-15)3-4-18(24)23-9-7-21(8-10-23)5-6-22-11-13-25-14-12-22/h3-14H2,1-2H3,(H,19,20).